The van der Waals surface area contributed by atoms with Crippen molar-refractivity contribution in [2.75, 3.05) is 0 Å². The van der Waals surface area contributed by atoms with Crippen LogP contribution in [0.1, 0.15) is 11.1 Å². The van der Waals surface area contributed by atoms with E-state index in [1.54, 1.807) is 0 Å². The van der Waals surface area contributed by atoms with Crippen LogP contribution in [-0.4, -0.2) is 0 Å². The molecule has 1 heterocycles. The Labute approximate surface area is 98.3 Å². The highest BCUT2D eigenvalue weighted by atomic mass is 35.5. The molecule has 0 nitrogen and oxygen atoms in total. The molecule has 0 N–H and O–H groups in total. The molecule has 0 atom stereocenters. The van der Waals surface area contributed by atoms with Gasteiger partial charge >= 0.3 is 0 Å². The molecular formula is C13H9ClS. The van der Waals surface area contributed by atoms with E-state index in [0.29, 0.717) is 0 Å². The quantitative estimate of drug-likeness (QED) is 0.554. The van der Waals surface area contributed by atoms with Crippen LogP contribution in [-0.2, 0) is 6.42 Å². The maximum atomic E-state index is 5.99. The third-order valence-electron chi connectivity index (χ3n) is 2.60. The number of hydrogen-bond donors (Lipinski definition) is 0. The average molecular weight is 233 g/mol. The van der Waals surface area contributed by atoms with E-state index in [4.69, 9.17) is 11.6 Å². The molecule has 0 aliphatic carbocycles. The highest BCUT2D eigenvalue weighted by Crippen LogP contribution is 2.39. The lowest BCUT2D eigenvalue weighted by atomic mass is 10.0. The maximum absolute atomic E-state index is 5.99. The molecule has 0 spiro atoms. The van der Waals surface area contributed by atoms with Gasteiger partial charge in [-0.05, 0) is 41.8 Å². The Morgan fingerprint density at radius 1 is 0.933 bits per heavy atom. The summed E-state index contributed by atoms with van der Waals surface area (Å²) in [5, 5.41) is 0.828. The van der Waals surface area contributed by atoms with Crippen LogP contribution in [0.2, 0.25) is 5.02 Å². The molecule has 1 aliphatic heterocycles. The summed E-state index contributed by atoms with van der Waals surface area (Å²) >= 11 is 7.83. The Morgan fingerprint density at radius 3 is 2.67 bits per heavy atom. The Hall–Kier alpha value is -0.920. The molecular weight excluding hydrogens is 224 g/mol. The first-order chi connectivity index (χ1) is 7.33. The van der Waals surface area contributed by atoms with Crippen LogP contribution in [0.25, 0.3) is 0 Å². The van der Waals surface area contributed by atoms with E-state index in [-0.39, 0.29) is 0 Å². The molecule has 0 saturated carbocycles. The summed E-state index contributed by atoms with van der Waals surface area (Å²) < 4.78 is 0. The molecule has 0 aromatic heterocycles. The lowest BCUT2D eigenvalue weighted by Gasteiger charge is -2.18. The van der Waals surface area contributed by atoms with E-state index < -0.39 is 0 Å². The first kappa shape index (κ1) is 9.32. The molecule has 0 unspecified atom stereocenters. The highest BCUT2D eigenvalue weighted by Gasteiger charge is 2.15. The minimum Gasteiger partial charge on any atom is -0.0895 e. The zero-order chi connectivity index (χ0) is 10.3. The van der Waals surface area contributed by atoms with Crippen molar-refractivity contribution in [2.24, 2.45) is 0 Å². The summed E-state index contributed by atoms with van der Waals surface area (Å²) in [6.45, 7) is 0. The molecule has 3 rings (SSSR count). The molecule has 0 saturated heterocycles. The van der Waals surface area contributed by atoms with E-state index in [1.165, 1.54) is 20.9 Å². The van der Waals surface area contributed by atoms with Gasteiger partial charge in [0.2, 0.25) is 0 Å². The number of hydrogen-bond acceptors (Lipinski definition) is 1. The van der Waals surface area contributed by atoms with Crippen LogP contribution in [0, 0.1) is 0 Å². The van der Waals surface area contributed by atoms with E-state index in [0.717, 1.165) is 11.4 Å². The zero-order valence-electron chi connectivity index (χ0n) is 8.03. The predicted octanol–water partition coefficient (Wildman–Crippen LogP) is 4.40. The van der Waals surface area contributed by atoms with Crippen molar-refractivity contribution < 1.29 is 0 Å². The largest absolute Gasteiger partial charge is 0.0895 e. The van der Waals surface area contributed by atoms with Crippen LogP contribution in [0.4, 0.5) is 0 Å². The van der Waals surface area contributed by atoms with Gasteiger partial charge in [-0.15, -0.1) is 0 Å². The second kappa shape index (κ2) is 3.58. The fraction of sp³-hybridized carbons (Fsp3) is 0.0769. The second-order valence-corrected chi connectivity index (χ2v) is 5.16. The molecule has 15 heavy (non-hydrogen) atoms. The van der Waals surface area contributed by atoms with Gasteiger partial charge in [-0.3, -0.25) is 0 Å². The van der Waals surface area contributed by atoms with Gasteiger partial charge in [0, 0.05) is 14.8 Å². The van der Waals surface area contributed by atoms with Gasteiger partial charge in [0.1, 0.15) is 0 Å². The average Bonchev–Trinajstić information content (AvgIpc) is 2.26. The zero-order valence-corrected chi connectivity index (χ0v) is 9.61. The van der Waals surface area contributed by atoms with Gasteiger partial charge in [-0.25, -0.2) is 0 Å². The standard InChI is InChI=1S/C13H9ClS/c14-11-5-6-13-10(8-11)7-9-3-1-2-4-12(9)15-13/h1-6,8H,7H2. The van der Waals surface area contributed by atoms with Crippen molar-refractivity contribution in [1.29, 1.82) is 0 Å². The third kappa shape index (κ3) is 1.66. The summed E-state index contributed by atoms with van der Waals surface area (Å²) in [6.07, 6.45) is 0.999. The molecule has 2 aromatic carbocycles. The molecule has 0 amide bonds. The predicted molar refractivity (Wildman–Crippen MR) is 64.8 cm³/mol. The first-order valence-electron chi connectivity index (χ1n) is 4.87. The third-order valence-corrected chi connectivity index (χ3v) is 4.07. The highest BCUT2D eigenvalue weighted by molar-refractivity contribution is 7.99. The van der Waals surface area contributed by atoms with Gasteiger partial charge in [-0.1, -0.05) is 41.6 Å². The lowest BCUT2D eigenvalue weighted by Crippen LogP contribution is -1.98. The first-order valence-corrected chi connectivity index (χ1v) is 6.06. The Morgan fingerprint density at radius 2 is 1.73 bits per heavy atom. The van der Waals surface area contributed by atoms with Gasteiger partial charge in [0.15, 0.2) is 0 Å². The van der Waals surface area contributed by atoms with Crippen molar-refractivity contribution in [2.45, 2.75) is 16.2 Å². The maximum Gasteiger partial charge on any atom is 0.0409 e. The lowest BCUT2D eigenvalue weighted by molar-refractivity contribution is 1.06. The molecule has 2 aromatic rings. The summed E-state index contributed by atoms with van der Waals surface area (Å²) in [6, 6.07) is 14.7. The minimum absolute atomic E-state index is 0.828. The smallest absolute Gasteiger partial charge is 0.0409 e. The van der Waals surface area contributed by atoms with Crippen molar-refractivity contribution in [1.82, 2.24) is 0 Å². The SMILES string of the molecule is Clc1ccc2c(c1)Cc1ccccc1S2. The minimum atomic E-state index is 0.828. The number of halogens is 1. The molecule has 0 bridgehead atoms. The Kier molecular flexibility index (Phi) is 2.23. The summed E-state index contributed by atoms with van der Waals surface area (Å²) in [4.78, 5) is 2.70. The summed E-state index contributed by atoms with van der Waals surface area (Å²) in [5.41, 5.74) is 2.74. The van der Waals surface area contributed by atoms with Crippen molar-refractivity contribution in [3.63, 3.8) is 0 Å². The van der Waals surface area contributed by atoms with Gasteiger partial charge in [0.05, 0.1) is 0 Å². The van der Waals surface area contributed by atoms with Crippen molar-refractivity contribution in [3.8, 4) is 0 Å². The molecule has 0 radical (unpaired) electrons. The monoisotopic (exact) mass is 232 g/mol. The van der Waals surface area contributed by atoms with Gasteiger partial charge in [0.25, 0.3) is 0 Å². The van der Waals surface area contributed by atoms with E-state index >= 15 is 0 Å². The van der Waals surface area contributed by atoms with Crippen molar-refractivity contribution in [3.05, 3.63) is 58.6 Å². The van der Waals surface area contributed by atoms with E-state index in [9.17, 15) is 0 Å². The fourth-order valence-corrected chi connectivity index (χ4v) is 3.11. The summed E-state index contributed by atoms with van der Waals surface area (Å²) in [5.74, 6) is 0. The van der Waals surface area contributed by atoms with Crippen LogP contribution in [0.5, 0.6) is 0 Å². The summed E-state index contributed by atoms with van der Waals surface area (Å²) in [7, 11) is 0. The number of fused-ring (bicyclic) bond motifs is 2. The van der Waals surface area contributed by atoms with Crippen LogP contribution >= 0.6 is 23.4 Å². The van der Waals surface area contributed by atoms with Crippen molar-refractivity contribution >= 4 is 23.4 Å². The molecule has 1 aliphatic rings. The van der Waals surface area contributed by atoms with Gasteiger partial charge in [-0.2, -0.15) is 0 Å². The number of rotatable bonds is 0. The van der Waals surface area contributed by atoms with E-state index in [2.05, 4.69) is 36.4 Å². The molecule has 74 valence electrons. The van der Waals surface area contributed by atoms with E-state index in [1.807, 2.05) is 17.8 Å². The molecule has 0 fully saturated rings. The van der Waals surface area contributed by atoms with Crippen LogP contribution in [0.15, 0.2) is 52.3 Å². The molecule has 2 heteroatoms. The Bertz CT molecular complexity index is 520. The topological polar surface area (TPSA) is 0 Å². The second-order valence-electron chi connectivity index (χ2n) is 3.64. The van der Waals surface area contributed by atoms with Crippen LogP contribution < -0.4 is 0 Å². The number of benzene rings is 2. The fourth-order valence-electron chi connectivity index (χ4n) is 1.86. The van der Waals surface area contributed by atoms with Crippen LogP contribution in [0.3, 0.4) is 0 Å². The normalized spacial score (nSPS) is 13.1. The van der Waals surface area contributed by atoms with Gasteiger partial charge < -0.3 is 0 Å². The Balaban J connectivity index is 2.11.